The Kier molecular flexibility index (Phi) is 5.03. The van der Waals surface area contributed by atoms with Crippen LogP contribution in [0.3, 0.4) is 0 Å². The normalized spacial score (nSPS) is 28.7. The molecule has 0 atom stereocenters. The van der Waals surface area contributed by atoms with Crippen molar-refractivity contribution in [2.24, 2.45) is 0 Å². The van der Waals surface area contributed by atoms with Crippen LogP contribution in [0.15, 0.2) is 22.6 Å². The molecular weight excluding hydrogens is 390 g/mol. The summed E-state index contributed by atoms with van der Waals surface area (Å²) in [7, 11) is 0. The number of nitrogens with zero attached hydrogens (tertiary/aromatic N) is 3. The van der Waals surface area contributed by atoms with Crippen LogP contribution < -0.4 is 4.74 Å². The SMILES string of the molecule is Cc1nnc(C2CCC(c3ccc4c(c3)COC3(CCN(C5CCC5)CC3)O4)CC2)o1. The van der Waals surface area contributed by atoms with E-state index in [9.17, 15) is 0 Å². The van der Waals surface area contributed by atoms with Gasteiger partial charge in [0.05, 0.1) is 6.61 Å². The van der Waals surface area contributed by atoms with E-state index in [-0.39, 0.29) is 0 Å². The minimum absolute atomic E-state index is 0.408. The van der Waals surface area contributed by atoms with Gasteiger partial charge in [0.15, 0.2) is 0 Å². The van der Waals surface area contributed by atoms with Gasteiger partial charge in [0.1, 0.15) is 5.75 Å². The molecule has 1 spiro atoms. The molecule has 3 fully saturated rings. The Morgan fingerprint density at radius 3 is 2.42 bits per heavy atom. The molecule has 0 bridgehead atoms. The highest BCUT2D eigenvalue weighted by molar-refractivity contribution is 5.40. The number of piperidine rings is 1. The maximum Gasteiger partial charge on any atom is 0.219 e. The molecule has 0 unspecified atom stereocenters. The molecule has 2 aromatic rings. The summed E-state index contributed by atoms with van der Waals surface area (Å²) in [5, 5.41) is 8.23. The van der Waals surface area contributed by atoms with Crippen LogP contribution in [0.4, 0.5) is 0 Å². The Bertz CT molecular complexity index is 922. The van der Waals surface area contributed by atoms with E-state index in [0.29, 0.717) is 24.3 Å². The smallest absolute Gasteiger partial charge is 0.219 e. The fourth-order valence-corrected chi connectivity index (χ4v) is 5.88. The number of hydrogen-bond acceptors (Lipinski definition) is 6. The molecule has 6 heteroatoms. The number of aromatic nitrogens is 2. The van der Waals surface area contributed by atoms with Crippen LogP contribution in [-0.4, -0.2) is 40.0 Å². The molecule has 6 rings (SSSR count). The summed E-state index contributed by atoms with van der Waals surface area (Å²) in [6.45, 7) is 4.73. The zero-order chi connectivity index (χ0) is 20.8. The van der Waals surface area contributed by atoms with Crippen molar-refractivity contribution in [3.05, 3.63) is 41.1 Å². The summed E-state index contributed by atoms with van der Waals surface area (Å²) in [4.78, 5) is 2.64. The third kappa shape index (κ3) is 3.78. The minimum Gasteiger partial charge on any atom is -0.462 e. The molecule has 3 heterocycles. The second-order valence-electron chi connectivity index (χ2n) is 10.00. The Morgan fingerprint density at radius 2 is 1.74 bits per heavy atom. The van der Waals surface area contributed by atoms with Gasteiger partial charge in [-0.3, -0.25) is 4.90 Å². The molecule has 6 nitrogen and oxygen atoms in total. The molecule has 1 aromatic heterocycles. The molecule has 1 aromatic carbocycles. The first kappa shape index (κ1) is 19.7. The standard InChI is InChI=1S/C25H33N3O3/c1-17-26-27-24(30-17)19-7-5-18(6-8-19)20-9-10-23-21(15-20)16-29-25(31-23)11-13-28(14-12-25)22-3-2-4-22/h9-10,15,18-19,22H,2-8,11-14,16H2,1H3. The van der Waals surface area contributed by atoms with Gasteiger partial charge in [-0.25, -0.2) is 0 Å². The van der Waals surface area contributed by atoms with E-state index in [1.165, 1.54) is 30.4 Å². The highest BCUT2D eigenvalue weighted by Crippen LogP contribution is 2.43. The maximum atomic E-state index is 6.48. The minimum atomic E-state index is -0.408. The summed E-state index contributed by atoms with van der Waals surface area (Å²) in [5.41, 5.74) is 2.63. The average Bonchev–Trinajstić information content (AvgIpc) is 3.20. The Morgan fingerprint density at radius 1 is 0.968 bits per heavy atom. The number of aryl methyl sites for hydroxylation is 1. The van der Waals surface area contributed by atoms with E-state index in [1.54, 1.807) is 0 Å². The zero-order valence-electron chi connectivity index (χ0n) is 18.5. The number of hydrogen-bond donors (Lipinski definition) is 0. The summed E-state index contributed by atoms with van der Waals surface area (Å²) < 4.78 is 18.5. The number of likely N-dealkylation sites (tertiary alicyclic amines) is 1. The number of rotatable bonds is 3. The molecule has 1 saturated heterocycles. The molecule has 31 heavy (non-hydrogen) atoms. The largest absolute Gasteiger partial charge is 0.462 e. The van der Waals surface area contributed by atoms with Gasteiger partial charge in [-0.15, -0.1) is 10.2 Å². The molecule has 4 aliphatic rings. The van der Waals surface area contributed by atoms with Crippen LogP contribution >= 0.6 is 0 Å². The number of fused-ring (bicyclic) bond motifs is 1. The summed E-state index contributed by atoms with van der Waals surface area (Å²) in [6.07, 6.45) is 10.6. The van der Waals surface area contributed by atoms with Crippen LogP contribution in [0.5, 0.6) is 5.75 Å². The molecule has 2 saturated carbocycles. The van der Waals surface area contributed by atoms with Gasteiger partial charge >= 0.3 is 0 Å². The molecule has 0 N–H and O–H groups in total. The van der Waals surface area contributed by atoms with Gasteiger partial charge in [-0.05, 0) is 62.1 Å². The van der Waals surface area contributed by atoms with E-state index < -0.39 is 5.79 Å². The van der Waals surface area contributed by atoms with Gasteiger partial charge in [0.2, 0.25) is 17.6 Å². The van der Waals surface area contributed by atoms with Crippen LogP contribution in [0.1, 0.15) is 92.5 Å². The topological polar surface area (TPSA) is 60.6 Å². The van der Waals surface area contributed by atoms with E-state index in [4.69, 9.17) is 13.9 Å². The monoisotopic (exact) mass is 423 g/mol. The molecular formula is C25H33N3O3. The van der Waals surface area contributed by atoms with Crippen molar-refractivity contribution in [2.75, 3.05) is 13.1 Å². The predicted octanol–water partition coefficient (Wildman–Crippen LogP) is 5.07. The van der Waals surface area contributed by atoms with E-state index in [1.807, 2.05) is 6.92 Å². The lowest BCUT2D eigenvalue weighted by Gasteiger charge is -2.47. The van der Waals surface area contributed by atoms with Gasteiger partial charge < -0.3 is 13.9 Å². The van der Waals surface area contributed by atoms with Crippen LogP contribution in [0.2, 0.25) is 0 Å². The number of benzene rings is 1. The fourth-order valence-electron chi connectivity index (χ4n) is 5.88. The van der Waals surface area contributed by atoms with Crippen molar-refractivity contribution in [2.45, 2.75) is 95.0 Å². The Labute approximate surface area is 184 Å². The summed E-state index contributed by atoms with van der Waals surface area (Å²) in [6, 6.07) is 7.62. The van der Waals surface area contributed by atoms with E-state index in [0.717, 1.165) is 69.3 Å². The second kappa shape index (κ2) is 7.89. The predicted molar refractivity (Wildman–Crippen MR) is 116 cm³/mol. The first-order valence-corrected chi connectivity index (χ1v) is 12.2. The molecule has 0 radical (unpaired) electrons. The lowest BCUT2D eigenvalue weighted by Crippen LogP contribution is -2.54. The van der Waals surface area contributed by atoms with Gasteiger partial charge in [0, 0.05) is 50.4 Å². The molecule has 166 valence electrons. The van der Waals surface area contributed by atoms with Gasteiger partial charge in [-0.1, -0.05) is 12.5 Å². The van der Waals surface area contributed by atoms with Crippen molar-refractivity contribution in [3.63, 3.8) is 0 Å². The Balaban J connectivity index is 1.08. The third-order valence-corrected chi connectivity index (χ3v) is 8.11. The van der Waals surface area contributed by atoms with Crippen LogP contribution in [0, 0.1) is 6.92 Å². The zero-order valence-corrected chi connectivity index (χ0v) is 18.5. The van der Waals surface area contributed by atoms with Crippen molar-refractivity contribution in [1.29, 1.82) is 0 Å². The van der Waals surface area contributed by atoms with Crippen LogP contribution in [0.25, 0.3) is 0 Å². The quantitative estimate of drug-likeness (QED) is 0.687. The lowest BCUT2D eigenvalue weighted by molar-refractivity contribution is -0.231. The third-order valence-electron chi connectivity index (χ3n) is 8.11. The lowest BCUT2D eigenvalue weighted by atomic mass is 9.78. The molecule has 0 amide bonds. The highest BCUT2D eigenvalue weighted by atomic mass is 16.7. The van der Waals surface area contributed by atoms with Gasteiger partial charge in [0.25, 0.3) is 0 Å². The van der Waals surface area contributed by atoms with E-state index >= 15 is 0 Å². The van der Waals surface area contributed by atoms with Crippen molar-refractivity contribution < 1.29 is 13.9 Å². The molecule has 2 aliphatic carbocycles. The first-order valence-electron chi connectivity index (χ1n) is 12.2. The molecule has 2 aliphatic heterocycles. The van der Waals surface area contributed by atoms with Crippen molar-refractivity contribution in [3.8, 4) is 5.75 Å². The Hall–Kier alpha value is -1.92. The van der Waals surface area contributed by atoms with Crippen molar-refractivity contribution in [1.82, 2.24) is 15.1 Å². The van der Waals surface area contributed by atoms with Crippen LogP contribution in [-0.2, 0) is 11.3 Å². The second-order valence-corrected chi connectivity index (χ2v) is 10.00. The fraction of sp³-hybridized carbons (Fsp3) is 0.680. The van der Waals surface area contributed by atoms with Crippen molar-refractivity contribution >= 4 is 0 Å². The highest BCUT2D eigenvalue weighted by Gasteiger charge is 2.43. The average molecular weight is 424 g/mol. The van der Waals surface area contributed by atoms with E-state index in [2.05, 4.69) is 33.3 Å². The summed E-state index contributed by atoms with van der Waals surface area (Å²) in [5.74, 6) is 3.10. The maximum absolute atomic E-state index is 6.48. The van der Waals surface area contributed by atoms with Gasteiger partial charge in [-0.2, -0.15) is 0 Å². The first-order chi connectivity index (χ1) is 15.2. The number of ether oxygens (including phenoxy) is 2. The summed E-state index contributed by atoms with van der Waals surface area (Å²) >= 11 is 0.